The number of benzene rings is 1. The summed E-state index contributed by atoms with van der Waals surface area (Å²) in [5, 5.41) is 0.797. The highest BCUT2D eigenvalue weighted by Gasteiger charge is 2.35. The summed E-state index contributed by atoms with van der Waals surface area (Å²) in [7, 11) is -3.07. The molecule has 1 aromatic heterocycles. The molecule has 0 unspecified atom stereocenters. The van der Waals surface area contributed by atoms with Crippen LogP contribution in [0.25, 0.3) is 10.9 Å². The van der Waals surface area contributed by atoms with Crippen LogP contribution in [0.4, 0.5) is 0 Å². The third-order valence-electron chi connectivity index (χ3n) is 4.56. The van der Waals surface area contributed by atoms with E-state index in [2.05, 4.69) is 11.6 Å². The molecule has 5 nitrogen and oxygen atoms in total. The van der Waals surface area contributed by atoms with Crippen LogP contribution in [0.15, 0.2) is 36.9 Å². The molecule has 1 aliphatic rings. The second-order valence-corrected chi connectivity index (χ2v) is 8.86. The molecular weight excluding hydrogens is 336 g/mol. The SMILES string of the molecule is C=CCN(C(=O)c1cc(C)nc2ccc(C)cc12)[C@@H]1CCS(=O)(=O)C1. The maximum atomic E-state index is 13.3. The van der Waals surface area contributed by atoms with Crippen LogP contribution in [-0.4, -0.2) is 48.3 Å². The molecule has 1 aliphatic heterocycles. The normalized spacial score (nSPS) is 19.0. The summed E-state index contributed by atoms with van der Waals surface area (Å²) in [6.45, 7) is 7.88. The van der Waals surface area contributed by atoms with E-state index in [1.807, 2.05) is 32.0 Å². The molecule has 6 heteroatoms. The number of sulfone groups is 1. The van der Waals surface area contributed by atoms with Crippen molar-refractivity contribution in [3.8, 4) is 0 Å². The number of aryl methyl sites for hydroxylation is 2. The highest BCUT2D eigenvalue weighted by Crippen LogP contribution is 2.25. The van der Waals surface area contributed by atoms with Crippen LogP contribution in [0.5, 0.6) is 0 Å². The Labute approximate surface area is 148 Å². The molecule has 1 saturated heterocycles. The number of aromatic nitrogens is 1. The lowest BCUT2D eigenvalue weighted by Crippen LogP contribution is -2.41. The average molecular weight is 358 g/mol. The van der Waals surface area contributed by atoms with Gasteiger partial charge in [-0.1, -0.05) is 17.7 Å². The van der Waals surface area contributed by atoms with Crippen molar-refractivity contribution in [3.63, 3.8) is 0 Å². The number of hydrogen-bond acceptors (Lipinski definition) is 4. The second-order valence-electron chi connectivity index (χ2n) is 6.63. The highest BCUT2D eigenvalue weighted by molar-refractivity contribution is 7.91. The van der Waals surface area contributed by atoms with Crippen LogP contribution < -0.4 is 0 Å². The van der Waals surface area contributed by atoms with Crippen LogP contribution in [0.3, 0.4) is 0 Å². The Morgan fingerprint density at radius 1 is 1.36 bits per heavy atom. The first-order valence-corrected chi connectivity index (χ1v) is 10.1. The highest BCUT2D eigenvalue weighted by atomic mass is 32.2. The molecule has 0 N–H and O–H groups in total. The standard InChI is InChI=1S/C19H22N2O3S/c1-4-8-21(15-7-9-25(23,24)12-15)19(22)17-11-14(3)20-18-6-5-13(2)10-16(17)18/h4-6,10-11,15H,1,7-9,12H2,2-3H3/t15-/m1/s1. The quantitative estimate of drug-likeness (QED) is 0.788. The second kappa shape index (κ2) is 6.59. The summed E-state index contributed by atoms with van der Waals surface area (Å²) < 4.78 is 23.7. The van der Waals surface area contributed by atoms with Crippen molar-refractivity contribution >= 4 is 26.6 Å². The molecule has 0 aliphatic carbocycles. The number of amides is 1. The van der Waals surface area contributed by atoms with Crippen molar-refractivity contribution in [1.82, 2.24) is 9.88 Å². The number of nitrogens with zero attached hydrogens (tertiary/aromatic N) is 2. The first kappa shape index (κ1) is 17.6. The van der Waals surface area contributed by atoms with Gasteiger partial charge in [-0.3, -0.25) is 9.78 Å². The number of fused-ring (bicyclic) bond motifs is 1. The monoisotopic (exact) mass is 358 g/mol. The van der Waals surface area contributed by atoms with Crippen molar-refractivity contribution in [3.05, 3.63) is 53.7 Å². The van der Waals surface area contributed by atoms with Crippen LogP contribution in [0.2, 0.25) is 0 Å². The third-order valence-corrected chi connectivity index (χ3v) is 6.31. The molecule has 1 fully saturated rings. The number of rotatable bonds is 4. The van der Waals surface area contributed by atoms with E-state index in [9.17, 15) is 13.2 Å². The molecular formula is C19H22N2O3S. The molecule has 132 valence electrons. The zero-order chi connectivity index (χ0) is 18.2. The molecule has 1 amide bonds. The Balaban J connectivity index is 2.07. The van der Waals surface area contributed by atoms with Gasteiger partial charge in [0.15, 0.2) is 9.84 Å². The molecule has 0 bridgehead atoms. The van der Waals surface area contributed by atoms with Crippen molar-refractivity contribution in [2.24, 2.45) is 0 Å². The zero-order valence-corrected chi connectivity index (χ0v) is 15.3. The van der Waals surface area contributed by atoms with Crippen LogP contribution in [-0.2, 0) is 9.84 Å². The summed E-state index contributed by atoms with van der Waals surface area (Å²) in [5.74, 6) is -0.00961. The third kappa shape index (κ3) is 3.58. The van der Waals surface area contributed by atoms with E-state index in [-0.39, 0.29) is 23.5 Å². The lowest BCUT2D eigenvalue weighted by molar-refractivity contribution is 0.0722. The van der Waals surface area contributed by atoms with E-state index in [0.717, 1.165) is 22.2 Å². The van der Waals surface area contributed by atoms with Crippen molar-refractivity contribution < 1.29 is 13.2 Å². The van der Waals surface area contributed by atoms with Crippen LogP contribution >= 0.6 is 0 Å². The molecule has 1 aromatic carbocycles. The predicted molar refractivity (Wildman–Crippen MR) is 99.5 cm³/mol. The summed E-state index contributed by atoms with van der Waals surface area (Å²) in [6, 6.07) is 7.31. The van der Waals surface area contributed by atoms with Crippen LogP contribution in [0, 0.1) is 13.8 Å². The maximum absolute atomic E-state index is 13.3. The van der Waals surface area contributed by atoms with Gasteiger partial charge < -0.3 is 4.90 Å². The molecule has 2 heterocycles. The van der Waals surface area contributed by atoms with E-state index in [4.69, 9.17) is 0 Å². The lowest BCUT2D eigenvalue weighted by atomic mass is 10.0. The fraction of sp³-hybridized carbons (Fsp3) is 0.368. The van der Waals surface area contributed by atoms with Gasteiger partial charge >= 0.3 is 0 Å². The number of carbonyl (C=O) groups excluding carboxylic acids is 1. The van der Waals surface area contributed by atoms with Gasteiger partial charge in [0.2, 0.25) is 0 Å². The van der Waals surface area contributed by atoms with Gasteiger partial charge in [0.05, 0.1) is 22.6 Å². The van der Waals surface area contributed by atoms with Gasteiger partial charge in [0.1, 0.15) is 0 Å². The fourth-order valence-electron chi connectivity index (χ4n) is 3.36. The Hall–Kier alpha value is -2.21. The smallest absolute Gasteiger partial charge is 0.255 e. The first-order chi connectivity index (χ1) is 11.8. The van der Waals surface area contributed by atoms with Crippen molar-refractivity contribution in [2.45, 2.75) is 26.3 Å². The Kier molecular flexibility index (Phi) is 4.64. The Morgan fingerprint density at radius 3 is 2.76 bits per heavy atom. The Morgan fingerprint density at radius 2 is 2.12 bits per heavy atom. The number of pyridine rings is 1. The van der Waals surface area contributed by atoms with Crippen molar-refractivity contribution in [2.75, 3.05) is 18.1 Å². The van der Waals surface area contributed by atoms with Gasteiger partial charge in [0.25, 0.3) is 5.91 Å². The van der Waals surface area contributed by atoms with Gasteiger partial charge in [-0.25, -0.2) is 8.42 Å². The van der Waals surface area contributed by atoms with Crippen LogP contribution in [0.1, 0.15) is 28.0 Å². The topological polar surface area (TPSA) is 67.3 Å². The minimum Gasteiger partial charge on any atom is -0.331 e. The van der Waals surface area contributed by atoms with E-state index in [1.54, 1.807) is 17.0 Å². The van der Waals surface area contributed by atoms with Gasteiger partial charge in [-0.2, -0.15) is 0 Å². The van der Waals surface area contributed by atoms with E-state index in [1.165, 1.54) is 0 Å². The zero-order valence-electron chi connectivity index (χ0n) is 14.5. The van der Waals surface area contributed by atoms with Gasteiger partial charge in [-0.15, -0.1) is 6.58 Å². The molecule has 3 rings (SSSR count). The number of carbonyl (C=O) groups is 1. The molecule has 0 saturated carbocycles. The summed E-state index contributed by atoms with van der Waals surface area (Å²) in [4.78, 5) is 19.4. The molecule has 2 aromatic rings. The minimum atomic E-state index is -3.07. The van der Waals surface area contributed by atoms with Gasteiger partial charge in [0, 0.05) is 23.7 Å². The van der Waals surface area contributed by atoms with E-state index < -0.39 is 9.84 Å². The number of hydrogen-bond donors (Lipinski definition) is 0. The maximum Gasteiger partial charge on any atom is 0.255 e. The van der Waals surface area contributed by atoms with Gasteiger partial charge in [-0.05, 0) is 38.5 Å². The Bertz CT molecular complexity index is 951. The van der Waals surface area contributed by atoms with E-state index >= 15 is 0 Å². The lowest BCUT2D eigenvalue weighted by Gasteiger charge is -2.27. The largest absolute Gasteiger partial charge is 0.331 e. The molecule has 25 heavy (non-hydrogen) atoms. The first-order valence-electron chi connectivity index (χ1n) is 8.31. The predicted octanol–water partition coefficient (Wildman–Crippen LogP) is 2.67. The molecule has 1 atom stereocenters. The molecule has 0 radical (unpaired) electrons. The van der Waals surface area contributed by atoms with E-state index in [0.29, 0.717) is 18.5 Å². The summed E-state index contributed by atoms with van der Waals surface area (Å²) in [6.07, 6.45) is 2.12. The fourth-order valence-corrected chi connectivity index (χ4v) is 5.09. The summed E-state index contributed by atoms with van der Waals surface area (Å²) >= 11 is 0. The van der Waals surface area contributed by atoms with Crippen molar-refractivity contribution in [1.29, 1.82) is 0 Å². The minimum absolute atomic E-state index is 0.0214. The summed E-state index contributed by atoms with van der Waals surface area (Å²) in [5.41, 5.74) is 3.15. The average Bonchev–Trinajstić information content (AvgIpc) is 2.91. The molecule has 0 spiro atoms.